The van der Waals surface area contributed by atoms with Crippen molar-refractivity contribution in [3.63, 3.8) is 0 Å². The SMILES string of the molecule is CC(C)C(NC(=O)CCC(O)C(C)N)C(=O)NC([C]=O)Cc1ccccc1. The maximum absolute atomic E-state index is 12.6. The third-order valence-corrected chi connectivity index (χ3v) is 4.28. The fourth-order valence-electron chi connectivity index (χ4n) is 2.56. The molecule has 0 aliphatic carbocycles. The standard InChI is InChI=1S/C20H30N3O4/c1-13(2)19(23-18(26)10-9-17(25)14(3)21)20(27)22-16(12-24)11-15-7-5-4-6-8-15/h4-8,13-14,16-17,19,25H,9-11,21H2,1-3H3,(H,22,27)(H,23,26). The second kappa shape index (κ2) is 11.5. The maximum atomic E-state index is 12.6. The average molecular weight is 376 g/mol. The summed E-state index contributed by atoms with van der Waals surface area (Å²) in [5, 5.41) is 15.0. The Morgan fingerprint density at radius 1 is 1.15 bits per heavy atom. The molecule has 0 aromatic heterocycles. The topological polar surface area (TPSA) is 122 Å². The number of nitrogens with one attached hydrogen (secondary N) is 2. The molecule has 0 heterocycles. The van der Waals surface area contributed by atoms with Crippen LogP contribution in [0.2, 0.25) is 0 Å². The molecule has 1 rings (SSSR count). The number of amides is 2. The summed E-state index contributed by atoms with van der Waals surface area (Å²) in [6.07, 6.45) is 1.67. The van der Waals surface area contributed by atoms with Gasteiger partial charge in [-0.15, -0.1) is 0 Å². The molecule has 27 heavy (non-hydrogen) atoms. The molecular weight excluding hydrogens is 346 g/mol. The van der Waals surface area contributed by atoms with E-state index < -0.39 is 30.1 Å². The van der Waals surface area contributed by atoms with Crippen LogP contribution >= 0.6 is 0 Å². The summed E-state index contributed by atoms with van der Waals surface area (Å²) in [5.41, 5.74) is 6.47. The van der Waals surface area contributed by atoms with Gasteiger partial charge in [-0.1, -0.05) is 44.2 Å². The van der Waals surface area contributed by atoms with Crippen LogP contribution in [0.1, 0.15) is 39.2 Å². The third-order valence-electron chi connectivity index (χ3n) is 4.28. The molecule has 7 nitrogen and oxygen atoms in total. The minimum absolute atomic E-state index is 0.0620. The molecule has 0 saturated carbocycles. The lowest BCUT2D eigenvalue weighted by atomic mass is 10.0. The largest absolute Gasteiger partial charge is 0.392 e. The molecule has 4 atom stereocenters. The first-order valence-corrected chi connectivity index (χ1v) is 9.19. The van der Waals surface area contributed by atoms with Crippen molar-refractivity contribution in [1.82, 2.24) is 10.6 Å². The van der Waals surface area contributed by atoms with Gasteiger partial charge in [-0.2, -0.15) is 0 Å². The number of aliphatic hydroxyl groups excluding tert-OH is 1. The van der Waals surface area contributed by atoms with Gasteiger partial charge >= 0.3 is 0 Å². The van der Waals surface area contributed by atoms with E-state index in [1.165, 1.54) is 0 Å². The maximum Gasteiger partial charge on any atom is 0.243 e. The number of hydrogen-bond donors (Lipinski definition) is 4. The lowest BCUT2D eigenvalue weighted by Gasteiger charge is -2.24. The van der Waals surface area contributed by atoms with E-state index in [-0.39, 0.29) is 24.7 Å². The molecule has 1 radical (unpaired) electrons. The first kappa shape index (κ1) is 22.8. The zero-order valence-electron chi connectivity index (χ0n) is 16.1. The molecule has 149 valence electrons. The zero-order valence-corrected chi connectivity index (χ0v) is 16.1. The van der Waals surface area contributed by atoms with Crippen LogP contribution in [0.25, 0.3) is 0 Å². The van der Waals surface area contributed by atoms with Crippen molar-refractivity contribution >= 4 is 18.1 Å². The lowest BCUT2D eigenvalue weighted by molar-refractivity contribution is -0.130. The van der Waals surface area contributed by atoms with Gasteiger partial charge in [-0.05, 0) is 24.8 Å². The van der Waals surface area contributed by atoms with Crippen LogP contribution in [-0.4, -0.2) is 47.4 Å². The highest BCUT2D eigenvalue weighted by molar-refractivity contribution is 5.89. The minimum atomic E-state index is -0.794. The van der Waals surface area contributed by atoms with Crippen molar-refractivity contribution in [3.8, 4) is 0 Å². The van der Waals surface area contributed by atoms with Crippen molar-refractivity contribution in [3.05, 3.63) is 35.9 Å². The van der Waals surface area contributed by atoms with Crippen LogP contribution in [0.3, 0.4) is 0 Å². The number of rotatable bonds is 11. The Hall–Kier alpha value is -2.25. The number of carbonyl (C=O) groups excluding carboxylic acids is 3. The molecule has 0 aliphatic rings. The Bertz CT molecular complexity index is 605. The van der Waals surface area contributed by atoms with Gasteiger partial charge in [0, 0.05) is 18.9 Å². The number of benzene rings is 1. The highest BCUT2D eigenvalue weighted by Crippen LogP contribution is 2.07. The van der Waals surface area contributed by atoms with E-state index in [9.17, 15) is 19.5 Å². The Kier molecular flexibility index (Phi) is 9.67. The molecule has 7 heteroatoms. The second-order valence-corrected chi connectivity index (χ2v) is 7.12. The van der Waals surface area contributed by atoms with Gasteiger partial charge in [0.15, 0.2) is 0 Å². The van der Waals surface area contributed by atoms with Gasteiger partial charge in [0.1, 0.15) is 6.04 Å². The van der Waals surface area contributed by atoms with Gasteiger partial charge in [0.2, 0.25) is 18.1 Å². The highest BCUT2D eigenvalue weighted by atomic mass is 16.3. The van der Waals surface area contributed by atoms with Crippen molar-refractivity contribution < 1.29 is 19.5 Å². The van der Waals surface area contributed by atoms with E-state index >= 15 is 0 Å². The van der Waals surface area contributed by atoms with Gasteiger partial charge < -0.3 is 21.5 Å². The zero-order chi connectivity index (χ0) is 20.4. The first-order chi connectivity index (χ1) is 12.7. The molecule has 2 amide bonds. The molecule has 1 aromatic carbocycles. The summed E-state index contributed by atoms with van der Waals surface area (Å²) in [4.78, 5) is 35.9. The Balaban J connectivity index is 2.63. The van der Waals surface area contributed by atoms with Gasteiger partial charge in [-0.25, -0.2) is 0 Å². The van der Waals surface area contributed by atoms with Crippen LogP contribution < -0.4 is 16.4 Å². The minimum Gasteiger partial charge on any atom is -0.392 e. The lowest BCUT2D eigenvalue weighted by Crippen LogP contribution is -2.53. The van der Waals surface area contributed by atoms with Crippen molar-refractivity contribution in [2.75, 3.05) is 0 Å². The van der Waals surface area contributed by atoms with Crippen molar-refractivity contribution in [2.45, 2.75) is 64.3 Å². The van der Waals surface area contributed by atoms with Gasteiger partial charge in [0.25, 0.3) is 0 Å². The molecule has 4 unspecified atom stereocenters. The van der Waals surface area contributed by atoms with Crippen molar-refractivity contribution in [2.24, 2.45) is 11.7 Å². The highest BCUT2D eigenvalue weighted by Gasteiger charge is 2.26. The number of nitrogens with two attached hydrogens (primary N) is 1. The Morgan fingerprint density at radius 2 is 1.78 bits per heavy atom. The molecule has 5 N–H and O–H groups in total. The van der Waals surface area contributed by atoms with Crippen LogP contribution in [0.15, 0.2) is 30.3 Å². The molecule has 0 saturated heterocycles. The summed E-state index contributed by atoms with van der Waals surface area (Å²) in [7, 11) is 0. The van der Waals surface area contributed by atoms with Crippen LogP contribution in [0.4, 0.5) is 0 Å². The van der Waals surface area contributed by atoms with E-state index in [0.717, 1.165) is 5.56 Å². The van der Waals surface area contributed by atoms with Crippen LogP contribution in [0, 0.1) is 5.92 Å². The first-order valence-electron chi connectivity index (χ1n) is 9.19. The third kappa shape index (κ3) is 8.32. The summed E-state index contributed by atoms with van der Waals surface area (Å²) >= 11 is 0. The van der Waals surface area contributed by atoms with E-state index in [1.54, 1.807) is 20.8 Å². The van der Waals surface area contributed by atoms with Crippen LogP contribution in [0.5, 0.6) is 0 Å². The Morgan fingerprint density at radius 3 is 2.30 bits per heavy atom. The summed E-state index contributed by atoms with van der Waals surface area (Å²) in [6.45, 7) is 5.27. The Labute approximate surface area is 160 Å². The summed E-state index contributed by atoms with van der Waals surface area (Å²) in [6, 6.07) is 7.30. The molecule has 0 bridgehead atoms. The van der Waals surface area contributed by atoms with E-state index in [4.69, 9.17) is 5.73 Å². The summed E-state index contributed by atoms with van der Waals surface area (Å²) < 4.78 is 0. The van der Waals surface area contributed by atoms with E-state index in [1.807, 2.05) is 36.6 Å². The number of carbonyl (C=O) groups is 2. The molecule has 0 aliphatic heterocycles. The second-order valence-electron chi connectivity index (χ2n) is 7.12. The molecular formula is C20H30N3O4. The smallest absolute Gasteiger partial charge is 0.243 e. The van der Waals surface area contributed by atoms with Crippen molar-refractivity contribution in [1.29, 1.82) is 0 Å². The quantitative estimate of drug-likeness (QED) is 0.447. The van der Waals surface area contributed by atoms with Crippen LogP contribution in [-0.2, 0) is 20.8 Å². The monoisotopic (exact) mass is 376 g/mol. The predicted molar refractivity (Wildman–Crippen MR) is 103 cm³/mol. The fraction of sp³-hybridized carbons (Fsp3) is 0.550. The van der Waals surface area contributed by atoms with Gasteiger partial charge in [0.05, 0.1) is 12.1 Å². The molecule has 1 aromatic rings. The van der Waals surface area contributed by atoms with E-state index in [0.29, 0.717) is 6.42 Å². The van der Waals surface area contributed by atoms with Gasteiger partial charge in [-0.3, -0.25) is 14.4 Å². The normalized spacial score (nSPS) is 15.5. The predicted octanol–water partition coefficient (Wildman–Crippen LogP) is 0.453. The molecule has 0 fully saturated rings. The number of aliphatic hydroxyl groups is 1. The molecule has 0 spiro atoms. The number of hydrogen-bond acceptors (Lipinski definition) is 5. The average Bonchev–Trinajstić information content (AvgIpc) is 2.63. The summed E-state index contributed by atoms with van der Waals surface area (Å²) in [5.74, 6) is -0.954. The van der Waals surface area contributed by atoms with E-state index in [2.05, 4.69) is 10.6 Å². The fourth-order valence-corrected chi connectivity index (χ4v) is 2.56.